The Morgan fingerprint density at radius 1 is 1.09 bits per heavy atom. The Morgan fingerprint density at radius 3 is 2.45 bits per heavy atom. The van der Waals surface area contributed by atoms with Gasteiger partial charge in [0.2, 0.25) is 11.8 Å². The van der Waals surface area contributed by atoms with E-state index in [0.29, 0.717) is 11.2 Å². The summed E-state index contributed by atoms with van der Waals surface area (Å²) < 4.78 is 34.1. The molecule has 13 heteroatoms. The Labute approximate surface area is 187 Å². The predicted octanol–water partition coefficient (Wildman–Crippen LogP) is 0.813. The zero-order chi connectivity index (χ0) is 23.8. The van der Waals surface area contributed by atoms with Gasteiger partial charge in [0.1, 0.15) is 0 Å². The molecule has 2 heterocycles. The molecule has 4 rings (SSSR count). The van der Waals surface area contributed by atoms with Gasteiger partial charge in [0, 0.05) is 37.5 Å². The van der Waals surface area contributed by atoms with Crippen LogP contribution in [0.2, 0.25) is 0 Å². The monoisotopic (exact) mass is 473 g/mol. The second-order valence-electron chi connectivity index (χ2n) is 7.24. The van der Waals surface area contributed by atoms with Crippen molar-refractivity contribution in [1.29, 1.82) is 0 Å². The lowest BCUT2D eigenvalue weighted by Crippen LogP contribution is -2.33. The molecule has 0 radical (unpaired) electrons. The summed E-state index contributed by atoms with van der Waals surface area (Å²) >= 11 is 0. The molecule has 1 aliphatic rings. The smallest absolute Gasteiger partial charge is 0.408 e. The number of hydrogen-bond acceptors (Lipinski definition) is 7. The van der Waals surface area contributed by atoms with Gasteiger partial charge in [-0.2, -0.15) is 0 Å². The van der Waals surface area contributed by atoms with Gasteiger partial charge in [-0.1, -0.05) is 0 Å². The fourth-order valence-electron chi connectivity index (χ4n) is 3.24. The number of nitrogens with zero attached hydrogens (tertiary/aromatic N) is 2. The summed E-state index contributed by atoms with van der Waals surface area (Å²) in [6.07, 6.45) is -0.0777. The second-order valence-corrected chi connectivity index (χ2v) is 8.92. The first-order chi connectivity index (χ1) is 15.6. The summed E-state index contributed by atoms with van der Waals surface area (Å²) in [5, 5.41) is 4.99. The zero-order valence-electron chi connectivity index (χ0n) is 17.3. The minimum Gasteiger partial charge on any atom is -0.408 e. The zero-order valence-corrected chi connectivity index (χ0v) is 18.1. The molecular weight excluding hydrogens is 454 g/mol. The maximum Gasteiger partial charge on any atom is 0.419 e. The molecule has 172 valence electrons. The number of fused-ring (bicyclic) bond motifs is 1. The lowest BCUT2D eigenvalue weighted by molar-refractivity contribution is -0.125. The van der Waals surface area contributed by atoms with Crippen molar-refractivity contribution in [2.75, 3.05) is 23.1 Å². The maximum absolute atomic E-state index is 12.7. The quantitative estimate of drug-likeness (QED) is 0.428. The van der Waals surface area contributed by atoms with Crippen LogP contribution in [0.3, 0.4) is 0 Å². The van der Waals surface area contributed by atoms with Crippen LogP contribution in [0, 0.1) is 0 Å². The Hall–Kier alpha value is -4.13. The average molecular weight is 473 g/mol. The maximum atomic E-state index is 12.7. The van der Waals surface area contributed by atoms with Gasteiger partial charge in [-0.25, -0.2) is 18.0 Å². The molecule has 0 saturated carbocycles. The van der Waals surface area contributed by atoms with Crippen LogP contribution in [0.25, 0.3) is 11.1 Å². The normalized spacial score (nSPS) is 13.9. The highest BCUT2D eigenvalue weighted by atomic mass is 32.2. The predicted molar refractivity (Wildman–Crippen MR) is 117 cm³/mol. The van der Waals surface area contributed by atoms with Gasteiger partial charge in [-0.3, -0.25) is 23.8 Å². The first-order valence-corrected chi connectivity index (χ1v) is 11.2. The first kappa shape index (κ1) is 22.1. The molecule has 4 amide bonds. The van der Waals surface area contributed by atoms with Crippen molar-refractivity contribution >= 4 is 50.3 Å². The third-order valence-electron chi connectivity index (χ3n) is 4.99. The molecule has 2 aromatic carbocycles. The van der Waals surface area contributed by atoms with Gasteiger partial charge in [-0.15, -0.1) is 0 Å². The second kappa shape index (κ2) is 8.43. The van der Waals surface area contributed by atoms with E-state index in [9.17, 15) is 27.6 Å². The van der Waals surface area contributed by atoms with Crippen LogP contribution < -0.4 is 21.1 Å². The number of urea groups is 1. The third-order valence-corrected chi connectivity index (χ3v) is 6.37. The van der Waals surface area contributed by atoms with Crippen LogP contribution in [0.1, 0.15) is 6.42 Å². The molecule has 0 aliphatic carbocycles. The van der Waals surface area contributed by atoms with Crippen molar-refractivity contribution in [2.45, 2.75) is 11.3 Å². The van der Waals surface area contributed by atoms with E-state index in [0.717, 1.165) is 4.90 Å². The molecule has 33 heavy (non-hydrogen) atoms. The molecule has 0 spiro atoms. The topological polar surface area (TPSA) is 160 Å². The van der Waals surface area contributed by atoms with Crippen molar-refractivity contribution < 1.29 is 27.2 Å². The fraction of sp³-hybridized carbons (Fsp3) is 0.200. The minimum absolute atomic E-state index is 0.0414. The van der Waals surface area contributed by atoms with Gasteiger partial charge >= 0.3 is 11.8 Å². The van der Waals surface area contributed by atoms with E-state index in [1.54, 1.807) is 0 Å². The van der Waals surface area contributed by atoms with Crippen molar-refractivity contribution in [2.24, 2.45) is 7.05 Å². The number of benzene rings is 2. The number of carbonyl (C=O) groups is 3. The van der Waals surface area contributed by atoms with E-state index < -0.39 is 33.6 Å². The van der Waals surface area contributed by atoms with Crippen LogP contribution >= 0.6 is 0 Å². The summed E-state index contributed by atoms with van der Waals surface area (Å²) in [6, 6.07) is 9.51. The Balaban J connectivity index is 1.38. The van der Waals surface area contributed by atoms with Gasteiger partial charge in [-0.05, 0) is 36.4 Å². The molecule has 3 N–H and O–H groups in total. The highest BCUT2D eigenvalue weighted by Crippen LogP contribution is 2.22. The average Bonchev–Trinajstić information content (AvgIpc) is 3.25. The number of amides is 4. The van der Waals surface area contributed by atoms with Crippen LogP contribution in [0.5, 0.6) is 0 Å². The Bertz CT molecular complexity index is 1410. The number of rotatable bonds is 7. The molecule has 0 bridgehead atoms. The molecule has 0 atom stereocenters. The van der Waals surface area contributed by atoms with Gasteiger partial charge in [0.15, 0.2) is 5.58 Å². The summed E-state index contributed by atoms with van der Waals surface area (Å²) in [6.45, 7) is -0.119. The van der Waals surface area contributed by atoms with Crippen molar-refractivity contribution in [3.8, 4) is 0 Å². The van der Waals surface area contributed by atoms with E-state index in [4.69, 9.17) is 4.42 Å². The number of imide groups is 1. The van der Waals surface area contributed by atoms with Crippen molar-refractivity contribution in [3.05, 3.63) is 53.0 Å². The largest absolute Gasteiger partial charge is 0.419 e. The molecule has 0 unspecified atom stereocenters. The minimum atomic E-state index is -3.96. The van der Waals surface area contributed by atoms with Crippen LogP contribution in [-0.2, 0) is 26.7 Å². The van der Waals surface area contributed by atoms with Crippen LogP contribution in [-0.4, -0.2) is 48.8 Å². The molecule has 12 nitrogen and oxygen atoms in total. The van der Waals surface area contributed by atoms with E-state index in [-0.39, 0.29) is 35.7 Å². The molecule has 3 aromatic rings. The summed E-state index contributed by atoms with van der Waals surface area (Å²) in [7, 11) is -2.44. The van der Waals surface area contributed by atoms with Crippen molar-refractivity contribution in [3.63, 3.8) is 0 Å². The SMILES string of the molecule is Cn1c(=O)oc2cc(S(=O)(=O)Nc3ccc(NC(=O)CCN4C(=O)CNC4=O)cc3)ccc21. The number of carbonyl (C=O) groups excluding carboxylic acids is 3. The third kappa shape index (κ3) is 4.57. The lowest BCUT2D eigenvalue weighted by Gasteiger charge is -2.12. The van der Waals surface area contributed by atoms with E-state index in [1.165, 1.54) is 54.1 Å². The lowest BCUT2D eigenvalue weighted by atomic mass is 10.2. The van der Waals surface area contributed by atoms with Crippen LogP contribution in [0.4, 0.5) is 16.2 Å². The van der Waals surface area contributed by atoms with Gasteiger partial charge in [0.25, 0.3) is 10.0 Å². The summed E-state index contributed by atoms with van der Waals surface area (Å²) in [4.78, 5) is 47.6. The van der Waals surface area contributed by atoms with E-state index in [1.807, 2.05) is 0 Å². The van der Waals surface area contributed by atoms with Crippen LogP contribution in [0.15, 0.2) is 56.6 Å². The van der Waals surface area contributed by atoms with E-state index in [2.05, 4.69) is 15.4 Å². The molecular formula is C20H19N5O7S. The standard InChI is InChI=1S/C20H19N5O7S/c1-24-15-7-6-14(10-16(15)32-20(24)29)33(30,31)23-13-4-2-12(3-5-13)22-17(26)8-9-25-18(27)11-21-19(25)28/h2-7,10,23H,8-9,11H2,1H3,(H,21,28)(H,22,26). The van der Waals surface area contributed by atoms with Gasteiger partial charge in [0.05, 0.1) is 17.0 Å². The summed E-state index contributed by atoms with van der Waals surface area (Å²) in [5.74, 6) is -1.40. The van der Waals surface area contributed by atoms with E-state index >= 15 is 0 Å². The number of aryl methyl sites for hydroxylation is 1. The molecule has 1 aliphatic heterocycles. The van der Waals surface area contributed by atoms with Crippen molar-refractivity contribution in [1.82, 2.24) is 14.8 Å². The molecule has 1 fully saturated rings. The first-order valence-electron chi connectivity index (χ1n) is 9.74. The fourth-order valence-corrected chi connectivity index (χ4v) is 4.31. The number of anilines is 2. The Morgan fingerprint density at radius 2 is 1.79 bits per heavy atom. The Kier molecular flexibility index (Phi) is 5.64. The number of hydrogen-bond donors (Lipinski definition) is 3. The molecule has 1 saturated heterocycles. The number of oxazole rings is 1. The number of nitrogens with one attached hydrogen (secondary N) is 3. The highest BCUT2D eigenvalue weighted by Gasteiger charge is 2.28. The highest BCUT2D eigenvalue weighted by molar-refractivity contribution is 7.92. The summed E-state index contributed by atoms with van der Waals surface area (Å²) in [5.41, 5.74) is 1.28. The van der Waals surface area contributed by atoms with Gasteiger partial charge < -0.3 is 15.1 Å². The number of sulfonamides is 1. The molecule has 1 aromatic heterocycles. The number of aromatic nitrogens is 1.